The molecular formula is C10H16N4. The molecule has 76 valence electrons. The first-order valence-corrected chi connectivity index (χ1v) is 5.08. The average molecular weight is 192 g/mol. The van der Waals surface area contributed by atoms with E-state index in [1.54, 1.807) is 6.33 Å². The van der Waals surface area contributed by atoms with E-state index in [2.05, 4.69) is 9.97 Å². The van der Waals surface area contributed by atoms with Crippen LogP contribution in [0.25, 0.3) is 0 Å². The lowest BCUT2D eigenvalue weighted by molar-refractivity contribution is 0.390. The van der Waals surface area contributed by atoms with Crippen LogP contribution in [-0.2, 0) is 0 Å². The highest BCUT2D eigenvalue weighted by Gasteiger charge is 2.20. The zero-order valence-corrected chi connectivity index (χ0v) is 8.19. The number of hydrogen-bond donors (Lipinski definition) is 2. The molecule has 4 heteroatoms. The molecule has 0 aromatic carbocycles. The minimum atomic E-state index is 0.380. The molecule has 4 N–H and O–H groups in total. The number of aromatic nitrogens is 2. The van der Waals surface area contributed by atoms with E-state index in [1.165, 1.54) is 0 Å². The summed E-state index contributed by atoms with van der Waals surface area (Å²) in [6.07, 6.45) is 5.97. The van der Waals surface area contributed by atoms with Gasteiger partial charge < -0.3 is 11.5 Å². The molecule has 0 spiro atoms. The largest absolute Gasteiger partial charge is 0.384 e. The van der Waals surface area contributed by atoms with Gasteiger partial charge in [-0.3, -0.25) is 0 Å². The first-order chi connectivity index (χ1) is 6.75. The Labute approximate surface area is 83.7 Å². The second kappa shape index (κ2) is 3.92. The number of nitrogen functional groups attached to an aromatic ring is 1. The number of rotatable bonds is 1. The van der Waals surface area contributed by atoms with Gasteiger partial charge in [-0.25, -0.2) is 9.97 Å². The third kappa shape index (κ3) is 2.01. The summed E-state index contributed by atoms with van der Waals surface area (Å²) in [6.45, 7) is 0. The van der Waals surface area contributed by atoms with Crippen molar-refractivity contribution in [2.24, 2.45) is 5.73 Å². The van der Waals surface area contributed by atoms with Crippen molar-refractivity contribution in [3.63, 3.8) is 0 Å². The van der Waals surface area contributed by atoms with Crippen molar-refractivity contribution in [2.45, 2.75) is 37.6 Å². The van der Waals surface area contributed by atoms with Crippen LogP contribution in [0.1, 0.15) is 37.3 Å². The molecule has 0 aliphatic heterocycles. The van der Waals surface area contributed by atoms with E-state index >= 15 is 0 Å². The number of nitrogens with zero attached hydrogens (tertiary/aromatic N) is 2. The van der Waals surface area contributed by atoms with Gasteiger partial charge in [-0.05, 0) is 25.7 Å². The van der Waals surface area contributed by atoms with Crippen molar-refractivity contribution < 1.29 is 0 Å². The Balaban J connectivity index is 2.08. The molecule has 0 unspecified atom stereocenters. The molecule has 14 heavy (non-hydrogen) atoms. The quantitative estimate of drug-likeness (QED) is 0.697. The van der Waals surface area contributed by atoms with Gasteiger partial charge in [0.1, 0.15) is 12.1 Å². The van der Waals surface area contributed by atoms with Crippen molar-refractivity contribution in [2.75, 3.05) is 5.73 Å². The molecule has 0 atom stereocenters. The highest BCUT2D eigenvalue weighted by atomic mass is 14.9. The topological polar surface area (TPSA) is 77.8 Å². The van der Waals surface area contributed by atoms with Gasteiger partial charge in [-0.2, -0.15) is 0 Å². The van der Waals surface area contributed by atoms with E-state index in [0.717, 1.165) is 31.4 Å². The lowest BCUT2D eigenvalue weighted by Crippen LogP contribution is -2.26. The van der Waals surface area contributed by atoms with Crippen molar-refractivity contribution in [3.05, 3.63) is 18.1 Å². The first-order valence-electron chi connectivity index (χ1n) is 5.08. The van der Waals surface area contributed by atoms with Crippen LogP contribution in [0.3, 0.4) is 0 Å². The molecule has 1 saturated carbocycles. The molecule has 0 saturated heterocycles. The normalized spacial score (nSPS) is 27.5. The molecule has 0 bridgehead atoms. The Hall–Kier alpha value is -1.16. The molecule has 1 aromatic heterocycles. The number of hydrogen-bond acceptors (Lipinski definition) is 4. The van der Waals surface area contributed by atoms with Gasteiger partial charge in [0.2, 0.25) is 0 Å². The van der Waals surface area contributed by atoms with E-state index in [1.807, 2.05) is 6.07 Å². The SMILES string of the molecule is Nc1cc(C2CCC(N)CC2)ncn1. The maximum Gasteiger partial charge on any atom is 0.127 e. The average Bonchev–Trinajstić information content (AvgIpc) is 2.19. The lowest BCUT2D eigenvalue weighted by Gasteiger charge is -2.25. The summed E-state index contributed by atoms with van der Waals surface area (Å²) >= 11 is 0. The fourth-order valence-electron chi connectivity index (χ4n) is 2.03. The van der Waals surface area contributed by atoms with Crippen molar-refractivity contribution in [3.8, 4) is 0 Å². The Morgan fingerprint density at radius 1 is 1.14 bits per heavy atom. The fraction of sp³-hybridized carbons (Fsp3) is 0.600. The van der Waals surface area contributed by atoms with Gasteiger partial charge in [-0.1, -0.05) is 0 Å². The Morgan fingerprint density at radius 3 is 2.50 bits per heavy atom. The summed E-state index contributed by atoms with van der Waals surface area (Å²) in [5.74, 6) is 1.09. The summed E-state index contributed by atoms with van der Waals surface area (Å²) < 4.78 is 0. The molecule has 1 heterocycles. The summed E-state index contributed by atoms with van der Waals surface area (Å²) in [6, 6.07) is 2.26. The van der Waals surface area contributed by atoms with Crippen molar-refractivity contribution >= 4 is 5.82 Å². The van der Waals surface area contributed by atoms with Crippen LogP contribution >= 0.6 is 0 Å². The number of nitrogens with two attached hydrogens (primary N) is 2. The molecule has 1 aliphatic rings. The minimum absolute atomic E-state index is 0.380. The summed E-state index contributed by atoms with van der Waals surface area (Å²) in [4.78, 5) is 8.15. The molecule has 0 amide bonds. The highest BCUT2D eigenvalue weighted by Crippen LogP contribution is 2.31. The second-order valence-corrected chi connectivity index (χ2v) is 3.98. The van der Waals surface area contributed by atoms with Gasteiger partial charge in [-0.15, -0.1) is 0 Å². The lowest BCUT2D eigenvalue weighted by atomic mass is 9.84. The van der Waals surface area contributed by atoms with Crippen LogP contribution in [0.4, 0.5) is 5.82 Å². The van der Waals surface area contributed by atoms with Crippen LogP contribution < -0.4 is 11.5 Å². The molecule has 4 nitrogen and oxygen atoms in total. The second-order valence-electron chi connectivity index (χ2n) is 3.98. The smallest absolute Gasteiger partial charge is 0.127 e. The van der Waals surface area contributed by atoms with Gasteiger partial charge in [0.15, 0.2) is 0 Å². The predicted molar refractivity (Wildman–Crippen MR) is 55.6 cm³/mol. The first kappa shape index (κ1) is 9.40. The number of anilines is 1. The van der Waals surface area contributed by atoms with E-state index in [4.69, 9.17) is 11.5 Å². The Morgan fingerprint density at radius 2 is 1.86 bits per heavy atom. The molecule has 1 fully saturated rings. The van der Waals surface area contributed by atoms with E-state index in [0.29, 0.717) is 17.8 Å². The van der Waals surface area contributed by atoms with Gasteiger partial charge in [0, 0.05) is 23.7 Å². The van der Waals surface area contributed by atoms with Gasteiger partial charge in [0.25, 0.3) is 0 Å². The van der Waals surface area contributed by atoms with E-state index in [-0.39, 0.29) is 0 Å². The third-order valence-corrected chi connectivity index (χ3v) is 2.90. The van der Waals surface area contributed by atoms with E-state index in [9.17, 15) is 0 Å². The summed E-state index contributed by atoms with van der Waals surface area (Å²) in [7, 11) is 0. The molecule has 1 aromatic rings. The molecule has 0 radical (unpaired) electrons. The summed E-state index contributed by atoms with van der Waals surface area (Å²) in [5.41, 5.74) is 12.5. The van der Waals surface area contributed by atoms with Crippen LogP contribution in [0, 0.1) is 0 Å². The van der Waals surface area contributed by atoms with Crippen molar-refractivity contribution in [1.82, 2.24) is 9.97 Å². The van der Waals surface area contributed by atoms with Gasteiger partial charge >= 0.3 is 0 Å². The minimum Gasteiger partial charge on any atom is -0.384 e. The van der Waals surface area contributed by atoms with Crippen LogP contribution in [0.15, 0.2) is 12.4 Å². The molecule has 1 aliphatic carbocycles. The maximum absolute atomic E-state index is 5.85. The summed E-state index contributed by atoms with van der Waals surface area (Å²) in [5, 5.41) is 0. The monoisotopic (exact) mass is 192 g/mol. The molecule has 2 rings (SSSR count). The van der Waals surface area contributed by atoms with Crippen molar-refractivity contribution in [1.29, 1.82) is 0 Å². The standard InChI is InChI=1S/C10H16N4/c11-8-3-1-7(2-4-8)9-5-10(12)14-6-13-9/h5-8H,1-4,11H2,(H2,12,13,14). The zero-order valence-electron chi connectivity index (χ0n) is 8.19. The van der Waals surface area contributed by atoms with E-state index < -0.39 is 0 Å². The Bertz CT molecular complexity index is 305. The Kier molecular flexibility index (Phi) is 2.63. The maximum atomic E-state index is 5.85. The van der Waals surface area contributed by atoms with Crippen LogP contribution in [0.5, 0.6) is 0 Å². The van der Waals surface area contributed by atoms with Gasteiger partial charge in [0.05, 0.1) is 0 Å². The van der Waals surface area contributed by atoms with Crippen LogP contribution in [-0.4, -0.2) is 16.0 Å². The zero-order chi connectivity index (χ0) is 9.97. The third-order valence-electron chi connectivity index (χ3n) is 2.90. The fourth-order valence-corrected chi connectivity index (χ4v) is 2.03. The van der Waals surface area contributed by atoms with Crippen LogP contribution in [0.2, 0.25) is 0 Å². The molecular weight excluding hydrogens is 176 g/mol. The highest BCUT2D eigenvalue weighted by molar-refractivity contribution is 5.29. The predicted octanol–water partition coefficient (Wildman–Crippen LogP) is 1.04.